The summed E-state index contributed by atoms with van der Waals surface area (Å²) < 4.78 is 39.6. The molecule has 1 saturated heterocycles. The van der Waals surface area contributed by atoms with Crippen LogP contribution in [0.4, 0.5) is 0 Å². The van der Waals surface area contributed by atoms with Crippen molar-refractivity contribution in [2.75, 3.05) is 26.3 Å². The van der Waals surface area contributed by atoms with Gasteiger partial charge in [-0.2, -0.15) is 4.31 Å². The van der Waals surface area contributed by atoms with E-state index in [1.807, 2.05) is 18.4 Å². The molecule has 0 amide bonds. The summed E-state index contributed by atoms with van der Waals surface area (Å²) in [6.07, 6.45) is 1.10. The van der Waals surface area contributed by atoms with Crippen LogP contribution in [0.1, 0.15) is 32.5 Å². The molecule has 0 radical (unpaired) electrons. The van der Waals surface area contributed by atoms with Gasteiger partial charge >= 0.3 is 5.97 Å². The number of carbonyl (C=O) groups excluding carboxylic acids is 1. The normalized spacial score (nSPS) is 15.9. The van der Waals surface area contributed by atoms with Crippen molar-refractivity contribution in [3.05, 3.63) is 24.0 Å². The zero-order valence-corrected chi connectivity index (χ0v) is 16.5. The van der Waals surface area contributed by atoms with Crippen LogP contribution in [0.15, 0.2) is 23.1 Å². The smallest absolute Gasteiger partial charge is 0.306 e. The molecule has 1 aliphatic rings. The van der Waals surface area contributed by atoms with E-state index in [1.54, 1.807) is 18.2 Å². The molecule has 1 aliphatic heterocycles. The average Bonchev–Trinajstić information content (AvgIpc) is 3.04. The number of ether oxygens (including phenoxy) is 2. The number of nitrogens with zero attached hydrogens (tertiary/aromatic N) is 3. The maximum absolute atomic E-state index is 12.8. The van der Waals surface area contributed by atoms with E-state index in [4.69, 9.17) is 9.47 Å². The van der Waals surface area contributed by atoms with Gasteiger partial charge in [0.25, 0.3) is 0 Å². The number of aromatic nitrogens is 2. The van der Waals surface area contributed by atoms with Crippen molar-refractivity contribution in [3.8, 4) is 0 Å². The van der Waals surface area contributed by atoms with Crippen LogP contribution in [-0.2, 0) is 37.4 Å². The van der Waals surface area contributed by atoms with E-state index in [1.165, 1.54) is 4.31 Å². The summed E-state index contributed by atoms with van der Waals surface area (Å²) in [6.45, 7) is 6.11. The minimum atomic E-state index is -3.58. The van der Waals surface area contributed by atoms with Crippen LogP contribution >= 0.6 is 0 Å². The van der Waals surface area contributed by atoms with E-state index >= 15 is 0 Å². The average molecular weight is 395 g/mol. The number of morpholine rings is 1. The van der Waals surface area contributed by atoms with E-state index in [9.17, 15) is 13.2 Å². The molecule has 2 aromatic rings. The minimum absolute atomic E-state index is 0.0763. The summed E-state index contributed by atoms with van der Waals surface area (Å²) >= 11 is 0. The molecule has 1 aromatic carbocycles. The van der Waals surface area contributed by atoms with Gasteiger partial charge in [-0.15, -0.1) is 0 Å². The largest absolute Gasteiger partial charge is 0.458 e. The number of rotatable bonds is 7. The van der Waals surface area contributed by atoms with Gasteiger partial charge in [0.15, 0.2) is 0 Å². The van der Waals surface area contributed by atoms with Gasteiger partial charge in [0.1, 0.15) is 12.4 Å². The third-order valence-corrected chi connectivity index (χ3v) is 6.43. The van der Waals surface area contributed by atoms with Crippen LogP contribution in [0.25, 0.3) is 11.0 Å². The summed E-state index contributed by atoms with van der Waals surface area (Å²) in [7, 11) is -3.58. The van der Waals surface area contributed by atoms with Gasteiger partial charge in [0.05, 0.1) is 29.1 Å². The molecule has 0 N–H and O–H groups in total. The highest BCUT2D eigenvalue weighted by atomic mass is 32.2. The molecule has 8 nitrogen and oxygen atoms in total. The van der Waals surface area contributed by atoms with Gasteiger partial charge in [-0.05, 0) is 31.5 Å². The Kier molecular flexibility index (Phi) is 6.13. The fraction of sp³-hybridized carbons (Fsp3) is 0.556. The Hall–Kier alpha value is -1.97. The van der Waals surface area contributed by atoms with Gasteiger partial charge in [-0.25, -0.2) is 13.4 Å². The molecule has 2 heterocycles. The first-order valence-corrected chi connectivity index (χ1v) is 10.6. The first-order chi connectivity index (χ1) is 13.0. The summed E-state index contributed by atoms with van der Waals surface area (Å²) in [6, 6.07) is 4.95. The molecule has 0 aliphatic carbocycles. The fourth-order valence-corrected chi connectivity index (χ4v) is 4.57. The molecule has 1 aromatic heterocycles. The molecular weight excluding hydrogens is 370 g/mol. The highest BCUT2D eigenvalue weighted by Gasteiger charge is 2.27. The number of hydrogen-bond acceptors (Lipinski definition) is 6. The third kappa shape index (κ3) is 4.15. The van der Waals surface area contributed by atoms with E-state index < -0.39 is 10.0 Å². The standard InChI is InChI=1S/C18H25N3O5S/c1-3-5-18(22)26-13-17-19-15-12-14(6-7-16(15)21(17)4-2)27(23,24)20-8-10-25-11-9-20/h6-7,12H,3-5,8-11,13H2,1-2H3. The molecule has 148 valence electrons. The molecule has 27 heavy (non-hydrogen) atoms. The SMILES string of the molecule is CCCC(=O)OCc1nc2cc(S(=O)(=O)N3CCOCC3)ccc2n1CC. The van der Waals surface area contributed by atoms with Gasteiger partial charge in [0, 0.05) is 26.1 Å². The highest BCUT2D eigenvalue weighted by Crippen LogP contribution is 2.24. The zero-order chi connectivity index (χ0) is 19.4. The van der Waals surface area contributed by atoms with Crippen LogP contribution in [0, 0.1) is 0 Å². The monoisotopic (exact) mass is 395 g/mol. The number of fused-ring (bicyclic) bond motifs is 1. The van der Waals surface area contributed by atoms with Gasteiger partial charge in [-0.3, -0.25) is 4.79 Å². The molecule has 0 unspecified atom stereocenters. The maximum atomic E-state index is 12.8. The van der Waals surface area contributed by atoms with E-state index in [0.29, 0.717) is 50.6 Å². The van der Waals surface area contributed by atoms with Crippen molar-refractivity contribution in [2.45, 2.75) is 44.7 Å². The maximum Gasteiger partial charge on any atom is 0.306 e. The number of imidazole rings is 1. The van der Waals surface area contributed by atoms with Crippen LogP contribution in [0.2, 0.25) is 0 Å². The van der Waals surface area contributed by atoms with Gasteiger partial charge in [-0.1, -0.05) is 6.92 Å². The second-order valence-corrected chi connectivity index (χ2v) is 8.29. The van der Waals surface area contributed by atoms with Crippen molar-refractivity contribution in [3.63, 3.8) is 0 Å². The van der Waals surface area contributed by atoms with Crippen molar-refractivity contribution >= 4 is 27.0 Å². The van der Waals surface area contributed by atoms with Gasteiger partial charge in [0.2, 0.25) is 10.0 Å². The Labute approximate surface area is 159 Å². The Bertz CT molecular complexity index is 916. The van der Waals surface area contributed by atoms with Crippen LogP contribution in [0.3, 0.4) is 0 Å². The Morgan fingerprint density at radius 2 is 2.00 bits per heavy atom. The quantitative estimate of drug-likeness (QED) is 0.665. The molecule has 9 heteroatoms. The Morgan fingerprint density at radius 1 is 1.26 bits per heavy atom. The van der Waals surface area contributed by atoms with Crippen LogP contribution in [-0.4, -0.2) is 54.5 Å². The van der Waals surface area contributed by atoms with Crippen molar-refractivity contribution in [1.29, 1.82) is 0 Å². The number of hydrogen-bond donors (Lipinski definition) is 0. The Balaban J connectivity index is 1.90. The molecule has 3 rings (SSSR count). The lowest BCUT2D eigenvalue weighted by molar-refractivity contribution is -0.145. The first kappa shape index (κ1) is 19.8. The second-order valence-electron chi connectivity index (χ2n) is 6.35. The Morgan fingerprint density at radius 3 is 2.67 bits per heavy atom. The summed E-state index contributed by atoms with van der Waals surface area (Å²) in [5, 5.41) is 0. The van der Waals surface area contributed by atoms with E-state index in [-0.39, 0.29) is 17.5 Å². The predicted molar refractivity (Wildman–Crippen MR) is 99.7 cm³/mol. The number of sulfonamides is 1. The summed E-state index contributed by atoms with van der Waals surface area (Å²) in [5.41, 5.74) is 1.40. The predicted octanol–water partition coefficient (Wildman–Crippen LogP) is 1.92. The fourth-order valence-electron chi connectivity index (χ4n) is 3.14. The second kappa shape index (κ2) is 8.37. The third-order valence-electron chi connectivity index (χ3n) is 4.54. The van der Waals surface area contributed by atoms with Crippen molar-refractivity contribution in [1.82, 2.24) is 13.9 Å². The first-order valence-electron chi connectivity index (χ1n) is 9.20. The van der Waals surface area contributed by atoms with Crippen LogP contribution in [0.5, 0.6) is 0 Å². The lowest BCUT2D eigenvalue weighted by Crippen LogP contribution is -2.40. The summed E-state index contributed by atoms with van der Waals surface area (Å²) in [4.78, 5) is 16.4. The van der Waals surface area contributed by atoms with E-state index in [0.717, 1.165) is 11.9 Å². The van der Waals surface area contributed by atoms with Crippen LogP contribution < -0.4 is 0 Å². The summed E-state index contributed by atoms with van der Waals surface area (Å²) in [5.74, 6) is 0.348. The zero-order valence-electron chi connectivity index (χ0n) is 15.7. The molecule has 0 atom stereocenters. The van der Waals surface area contributed by atoms with Gasteiger partial charge < -0.3 is 14.0 Å². The number of carbonyl (C=O) groups is 1. The number of aryl methyl sites for hydroxylation is 1. The number of esters is 1. The minimum Gasteiger partial charge on any atom is -0.458 e. The topological polar surface area (TPSA) is 90.7 Å². The lowest BCUT2D eigenvalue weighted by atomic mass is 10.3. The molecule has 0 spiro atoms. The van der Waals surface area contributed by atoms with Crippen molar-refractivity contribution in [2.24, 2.45) is 0 Å². The highest BCUT2D eigenvalue weighted by molar-refractivity contribution is 7.89. The molecular formula is C18H25N3O5S. The molecule has 0 bridgehead atoms. The van der Waals surface area contributed by atoms with E-state index in [2.05, 4.69) is 4.98 Å². The molecule has 1 fully saturated rings. The lowest BCUT2D eigenvalue weighted by Gasteiger charge is -2.26. The molecule has 0 saturated carbocycles. The number of benzene rings is 1. The van der Waals surface area contributed by atoms with Crippen molar-refractivity contribution < 1.29 is 22.7 Å².